The van der Waals surface area contributed by atoms with E-state index in [-0.39, 0.29) is 22.1 Å². The van der Waals surface area contributed by atoms with Crippen LogP contribution in [0.5, 0.6) is 0 Å². The van der Waals surface area contributed by atoms with Crippen molar-refractivity contribution >= 4 is 47.6 Å². The highest BCUT2D eigenvalue weighted by Gasteiger charge is 2.38. The second-order valence-electron chi connectivity index (χ2n) is 9.69. The number of aromatic nitrogens is 1. The number of thiazole rings is 1. The Morgan fingerprint density at radius 1 is 1.40 bits per heavy atom. The fraction of sp³-hybridized carbons (Fsp3) is 0.762. The molecule has 1 fully saturated rings. The molecule has 0 saturated carbocycles. The molecular formula is C21H37N3O3S2Si. The van der Waals surface area contributed by atoms with Crippen LogP contribution in [0, 0.1) is 5.92 Å². The molecule has 30 heavy (non-hydrogen) atoms. The summed E-state index contributed by atoms with van der Waals surface area (Å²) in [4.78, 5) is 30.7. The fourth-order valence-corrected chi connectivity index (χ4v) is 5.64. The monoisotopic (exact) mass is 471 g/mol. The average molecular weight is 472 g/mol. The average Bonchev–Trinajstić information content (AvgIpc) is 3.08. The van der Waals surface area contributed by atoms with Crippen molar-refractivity contribution in [2.24, 2.45) is 5.92 Å². The third-order valence-electron chi connectivity index (χ3n) is 6.25. The summed E-state index contributed by atoms with van der Waals surface area (Å²) in [5.74, 6) is 0.174. The zero-order valence-electron chi connectivity index (χ0n) is 19.6. The lowest BCUT2D eigenvalue weighted by Crippen LogP contribution is -2.49. The van der Waals surface area contributed by atoms with E-state index < -0.39 is 8.32 Å². The molecule has 9 heteroatoms. The quantitative estimate of drug-likeness (QED) is 0.523. The molecule has 2 heterocycles. The minimum absolute atomic E-state index is 0.0397. The molecule has 0 unspecified atom stereocenters. The second-order valence-corrected chi connectivity index (χ2v) is 16.8. The molecule has 1 N–H and O–H groups in total. The molecule has 2 atom stereocenters. The normalized spacial score (nSPS) is 17.4. The maximum Gasteiger partial charge on any atom is 0.271 e. The van der Waals surface area contributed by atoms with Gasteiger partial charge < -0.3 is 14.6 Å². The first-order valence-corrected chi connectivity index (χ1v) is 15.3. The number of nitrogens with zero attached hydrogens (tertiary/aromatic N) is 2. The van der Waals surface area contributed by atoms with Crippen LogP contribution in [0.15, 0.2) is 5.38 Å². The van der Waals surface area contributed by atoms with Crippen LogP contribution in [0.1, 0.15) is 58.5 Å². The summed E-state index contributed by atoms with van der Waals surface area (Å²) < 4.78 is 6.40. The zero-order chi connectivity index (χ0) is 22.7. The molecule has 0 radical (unpaired) electrons. The van der Waals surface area contributed by atoms with E-state index in [0.717, 1.165) is 24.6 Å². The summed E-state index contributed by atoms with van der Waals surface area (Å²) >= 11 is 2.86. The summed E-state index contributed by atoms with van der Waals surface area (Å²) in [6, 6.07) is -0.0397. The molecule has 1 aromatic rings. The third kappa shape index (κ3) is 6.55. The molecule has 0 spiro atoms. The Labute approximate surface area is 190 Å². The van der Waals surface area contributed by atoms with Crippen LogP contribution in [-0.2, 0) is 9.22 Å². The van der Waals surface area contributed by atoms with Crippen LogP contribution in [0.4, 0.5) is 5.13 Å². The smallest absolute Gasteiger partial charge is 0.271 e. The van der Waals surface area contributed by atoms with E-state index in [4.69, 9.17) is 4.43 Å². The number of carbonyl (C=O) groups excluding carboxylic acids is 2. The summed E-state index contributed by atoms with van der Waals surface area (Å²) in [7, 11) is -1.88. The zero-order valence-corrected chi connectivity index (χ0v) is 22.2. The Morgan fingerprint density at radius 3 is 2.57 bits per heavy atom. The van der Waals surface area contributed by atoms with Gasteiger partial charge in [0.1, 0.15) is 5.69 Å². The van der Waals surface area contributed by atoms with Crippen molar-refractivity contribution in [3.8, 4) is 0 Å². The molecule has 170 valence electrons. The van der Waals surface area contributed by atoms with Crippen molar-refractivity contribution in [3.63, 3.8) is 0 Å². The third-order valence-corrected chi connectivity index (χ3v) is 12.6. The SMILES string of the molecule is CC[C@H](C)[C@@H](CO[Si](C)(C)C(C)(C)C)NC(=O)c1csc(N2CC(SC(C)=O)C2)n1. The largest absolute Gasteiger partial charge is 0.415 e. The van der Waals surface area contributed by atoms with Crippen LogP contribution in [0.25, 0.3) is 0 Å². The van der Waals surface area contributed by atoms with Crippen molar-refractivity contribution in [1.82, 2.24) is 10.3 Å². The number of anilines is 1. The van der Waals surface area contributed by atoms with Gasteiger partial charge in [-0.2, -0.15) is 0 Å². The van der Waals surface area contributed by atoms with Crippen molar-refractivity contribution in [3.05, 3.63) is 11.1 Å². The summed E-state index contributed by atoms with van der Waals surface area (Å²) in [6.07, 6.45) is 0.969. The highest BCUT2D eigenvalue weighted by atomic mass is 32.2. The molecule has 2 rings (SSSR count). The summed E-state index contributed by atoms with van der Waals surface area (Å²) in [5.41, 5.74) is 0.457. The summed E-state index contributed by atoms with van der Waals surface area (Å²) in [6.45, 7) is 19.2. The number of amides is 1. The predicted octanol–water partition coefficient (Wildman–Crippen LogP) is 4.78. The Bertz CT molecular complexity index is 742. The van der Waals surface area contributed by atoms with Gasteiger partial charge in [0.15, 0.2) is 18.6 Å². The maximum atomic E-state index is 12.9. The Kier molecular flexibility index (Phi) is 8.57. The highest BCUT2D eigenvalue weighted by molar-refractivity contribution is 8.14. The first-order valence-electron chi connectivity index (χ1n) is 10.7. The second kappa shape index (κ2) is 10.1. The minimum Gasteiger partial charge on any atom is -0.415 e. The molecule has 0 bridgehead atoms. The van der Waals surface area contributed by atoms with Crippen LogP contribution in [0.2, 0.25) is 18.1 Å². The standard InChI is InChI=1S/C21H37N3O3S2Si/c1-9-14(2)17(12-27-30(7,8)21(4,5)6)22-19(26)18-13-28-20(23-18)24-10-16(11-24)29-15(3)25/h13-14,16-17H,9-12H2,1-8H3,(H,22,26)/t14-,17+/m0/s1. The molecule has 1 amide bonds. The van der Waals surface area contributed by atoms with Gasteiger partial charge in [-0.05, 0) is 24.1 Å². The Balaban J connectivity index is 1.96. The van der Waals surface area contributed by atoms with Crippen LogP contribution < -0.4 is 10.2 Å². The first-order chi connectivity index (χ1) is 13.8. The number of hydrogen-bond acceptors (Lipinski definition) is 7. The van der Waals surface area contributed by atoms with Crippen molar-refractivity contribution in [2.75, 3.05) is 24.6 Å². The van der Waals surface area contributed by atoms with E-state index in [1.807, 2.05) is 5.38 Å². The van der Waals surface area contributed by atoms with E-state index in [0.29, 0.717) is 23.5 Å². The van der Waals surface area contributed by atoms with E-state index in [1.165, 1.54) is 23.1 Å². The van der Waals surface area contributed by atoms with Gasteiger partial charge in [0.2, 0.25) is 0 Å². The number of hydrogen-bond donors (Lipinski definition) is 1. The van der Waals surface area contributed by atoms with E-state index in [1.54, 1.807) is 6.92 Å². The van der Waals surface area contributed by atoms with Crippen molar-refractivity contribution < 1.29 is 14.0 Å². The molecule has 1 saturated heterocycles. The van der Waals surface area contributed by atoms with Gasteiger partial charge in [-0.25, -0.2) is 4.98 Å². The lowest BCUT2D eigenvalue weighted by molar-refractivity contribution is -0.109. The van der Waals surface area contributed by atoms with Crippen LogP contribution in [0.3, 0.4) is 0 Å². The number of carbonyl (C=O) groups is 2. The molecule has 1 aromatic heterocycles. The van der Waals surface area contributed by atoms with E-state index >= 15 is 0 Å². The minimum atomic E-state index is -1.88. The molecule has 1 aliphatic rings. The highest BCUT2D eigenvalue weighted by Crippen LogP contribution is 2.37. The van der Waals surface area contributed by atoms with Gasteiger partial charge in [-0.1, -0.05) is 52.8 Å². The van der Waals surface area contributed by atoms with Crippen LogP contribution in [-0.4, -0.2) is 55.3 Å². The van der Waals surface area contributed by atoms with Gasteiger partial charge in [0, 0.05) is 30.6 Å². The molecule has 0 aliphatic carbocycles. The van der Waals surface area contributed by atoms with E-state index in [2.05, 4.69) is 62.9 Å². The predicted molar refractivity (Wildman–Crippen MR) is 130 cm³/mol. The molecule has 1 aliphatic heterocycles. The molecular weight excluding hydrogens is 434 g/mol. The number of rotatable bonds is 9. The topological polar surface area (TPSA) is 71.5 Å². The van der Waals surface area contributed by atoms with Crippen molar-refractivity contribution in [2.45, 2.75) is 77.4 Å². The fourth-order valence-electron chi connectivity index (χ4n) is 2.81. The maximum absolute atomic E-state index is 12.9. The Morgan fingerprint density at radius 2 is 2.03 bits per heavy atom. The molecule has 6 nitrogen and oxygen atoms in total. The summed E-state index contributed by atoms with van der Waals surface area (Å²) in [5, 5.41) is 6.44. The van der Waals surface area contributed by atoms with E-state index in [9.17, 15) is 9.59 Å². The Hall–Kier alpha value is -0.903. The lowest BCUT2D eigenvalue weighted by atomic mass is 10.00. The van der Waals surface area contributed by atoms with Gasteiger partial charge in [-0.15, -0.1) is 11.3 Å². The first kappa shape index (κ1) is 25.4. The van der Waals surface area contributed by atoms with Crippen molar-refractivity contribution in [1.29, 1.82) is 0 Å². The number of nitrogens with one attached hydrogen (secondary N) is 1. The van der Waals surface area contributed by atoms with Gasteiger partial charge in [0.25, 0.3) is 5.91 Å². The van der Waals surface area contributed by atoms with Crippen LogP contribution >= 0.6 is 23.1 Å². The lowest BCUT2D eigenvalue weighted by Gasteiger charge is -2.38. The molecule has 0 aromatic carbocycles. The van der Waals surface area contributed by atoms with Gasteiger partial charge >= 0.3 is 0 Å². The number of thioether (sulfide) groups is 1. The van der Waals surface area contributed by atoms with Gasteiger partial charge in [-0.3, -0.25) is 9.59 Å². The van der Waals surface area contributed by atoms with Gasteiger partial charge in [0.05, 0.1) is 12.6 Å².